The SMILES string of the molecule is Cc1nc2nc(C(C)N3CCC[C@H](CN)C3)ccc2s1. The van der Waals surface area contributed by atoms with Gasteiger partial charge in [0, 0.05) is 12.6 Å². The van der Waals surface area contributed by atoms with Crippen LogP contribution in [0.3, 0.4) is 0 Å². The molecule has 1 aliphatic heterocycles. The van der Waals surface area contributed by atoms with Gasteiger partial charge >= 0.3 is 0 Å². The summed E-state index contributed by atoms with van der Waals surface area (Å²) in [6.45, 7) is 7.31. The summed E-state index contributed by atoms with van der Waals surface area (Å²) in [5, 5.41) is 1.08. The Kier molecular flexibility index (Phi) is 4.01. The first kappa shape index (κ1) is 13.9. The minimum absolute atomic E-state index is 0.343. The molecule has 108 valence electrons. The third kappa shape index (κ3) is 2.71. The lowest BCUT2D eigenvalue weighted by Crippen LogP contribution is -2.39. The van der Waals surface area contributed by atoms with E-state index in [2.05, 4.69) is 28.9 Å². The van der Waals surface area contributed by atoms with Crippen LogP contribution < -0.4 is 5.73 Å². The van der Waals surface area contributed by atoms with Crippen LogP contribution in [0.15, 0.2) is 12.1 Å². The molecular weight excluding hydrogens is 268 g/mol. The molecule has 0 bridgehead atoms. The van der Waals surface area contributed by atoms with Gasteiger partial charge < -0.3 is 5.73 Å². The summed E-state index contributed by atoms with van der Waals surface area (Å²) in [4.78, 5) is 11.8. The summed E-state index contributed by atoms with van der Waals surface area (Å²) in [5.41, 5.74) is 7.85. The van der Waals surface area contributed by atoms with Crippen molar-refractivity contribution in [3.05, 3.63) is 22.8 Å². The van der Waals surface area contributed by atoms with Crippen molar-refractivity contribution in [2.45, 2.75) is 32.7 Å². The first-order chi connectivity index (χ1) is 9.67. The first-order valence-corrected chi connectivity index (χ1v) is 8.17. The predicted octanol–water partition coefficient (Wildman–Crippen LogP) is 2.73. The number of hydrogen-bond donors (Lipinski definition) is 1. The van der Waals surface area contributed by atoms with Crippen LogP contribution in [-0.2, 0) is 0 Å². The molecule has 0 amide bonds. The van der Waals surface area contributed by atoms with Crippen molar-refractivity contribution in [2.75, 3.05) is 19.6 Å². The van der Waals surface area contributed by atoms with Gasteiger partial charge in [-0.2, -0.15) is 0 Å². The molecule has 2 N–H and O–H groups in total. The summed E-state index contributed by atoms with van der Waals surface area (Å²) < 4.78 is 1.18. The largest absolute Gasteiger partial charge is 0.330 e. The Morgan fingerprint density at radius 3 is 3.10 bits per heavy atom. The van der Waals surface area contributed by atoms with Gasteiger partial charge in [-0.1, -0.05) is 0 Å². The van der Waals surface area contributed by atoms with E-state index in [1.54, 1.807) is 11.3 Å². The Labute approximate surface area is 124 Å². The van der Waals surface area contributed by atoms with Gasteiger partial charge in [-0.25, -0.2) is 9.97 Å². The monoisotopic (exact) mass is 290 g/mol. The van der Waals surface area contributed by atoms with Crippen molar-refractivity contribution >= 4 is 21.7 Å². The number of nitrogens with two attached hydrogens (primary N) is 1. The third-order valence-corrected chi connectivity index (χ3v) is 5.17. The zero-order valence-electron chi connectivity index (χ0n) is 12.2. The number of pyridine rings is 1. The van der Waals surface area contributed by atoms with Crippen LogP contribution in [0.1, 0.15) is 36.5 Å². The highest BCUT2D eigenvalue weighted by Crippen LogP contribution is 2.27. The van der Waals surface area contributed by atoms with Crippen LogP contribution in [0, 0.1) is 12.8 Å². The summed E-state index contributed by atoms with van der Waals surface area (Å²) in [5.74, 6) is 0.636. The van der Waals surface area contributed by atoms with E-state index < -0.39 is 0 Å². The number of thiazole rings is 1. The number of aromatic nitrogens is 2. The van der Waals surface area contributed by atoms with Gasteiger partial charge in [0.2, 0.25) is 0 Å². The van der Waals surface area contributed by atoms with E-state index >= 15 is 0 Å². The Bertz CT molecular complexity index is 595. The van der Waals surface area contributed by atoms with Crippen molar-refractivity contribution in [1.82, 2.24) is 14.9 Å². The van der Waals surface area contributed by atoms with E-state index in [1.807, 2.05) is 6.92 Å². The number of nitrogens with zero attached hydrogens (tertiary/aromatic N) is 3. The number of fused-ring (bicyclic) bond motifs is 1. The van der Waals surface area contributed by atoms with Crippen molar-refractivity contribution in [2.24, 2.45) is 11.7 Å². The van der Waals surface area contributed by atoms with E-state index in [1.165, 1.54) is 17.5 Å². The standard InChI is InChI=1S/C15H22N4S/c1-10(19-7-3-4-12(8-16)9-19)13-5-6-14-15(18-13)17-11(2)20-14/h5-6,10,12H,3-4,7-9,16H2,1-2H3/t10?,12-/m1/s1. The zero-order chi connectivity index (χ0) is 14.1. The minimum Gasteiger partial charge on any atom is -0.330 e. The Balaban J connectivity index is 1.82. The molecule has 0 aromatic carbocycles. The topological polar surface area (TPSA) is 55.0 Å². The van der Waals surface area contributed by atoms with Crippen molar-refractivity contribution in [1.29, 1.82) is 0 Å². The predicted molar refractivity (Wildman–Crippen MR) is 83.9 cm³/mol. The van der Waals surface area contributed by atoms with Gasteiger partial charge in [0.05, 0.1) is 15.4 Å². The molecule has 0 radical (unpaired) electrons. The van der Waals surface area contributed by atoms with Crippen LogP contribution in [0.25, 0.3) is 10.3 Å². The summed E-state index contributed by atoms with van der Waals surface area (Å²) in [6.07, 6.45) is 2.50. The number of aryl methyl sites for hydroxylation is 1. The molecular formula is C15H22N4S. The average Bonchev–Trinajstić information content (AvgIpc) is 2.85. The molecule has 2 aromatic heterocycles. The third-order valence-electron chi connectivity index (χ3n) is 4.24. The molecule has 3 rings (SSSR count). The van der Waals surface area contributed by atoms with Gasteiger partial charge in [0.15, 0.2) is 5.65 Å². The Hall–Kier alpha value is -1.04. The van der Waals surface area contributed by atoms with Crippen molar-refractivity contribution in [3.8, 4) is 0 Å². The molecule has 3 heterocycles. The zero-order valence-corrected chi connectivity index (χ0v) is 13.0. The highest BCUT2D eigenvalue weighted by atomic mass is 32.1. The van der Waals surface area contributed by atoms with E-state index in [-0.39, 0.29) is 0 Å². The van der Waals surface area contributed by atoms with E-state index in [0.29, 0.717) is 12.0 Å². The van der Waals surface area contributed by atoms with E-state index in [0.717, 1.165) is 36.0 Å². The van der Waals surface area contributed by atoms with Crippen LogP contribution in [0.4, 0.5) is 0 Å². The molecule has 1 aliphatic rings. The van der Waals surface area contributed by atoms with Crippen LogP contribution in [-0.4, -0.2) is 34.5 Å². The second-order valence-electron chi connectivity index (χ2n) is 5.71. The maximum absolute atomic E-state index is 5.83. The molecule has 4 nitrogen and oxygen atoms in total. The van der Waals surface area contributed by atoms with Crippen molar-refractivity contribution < 1.29 is 0 Å². The maximum Gasteiger partial charge on any atom is 0.170 e. The maximum atomic E-state index is 5.83. The molecule has 1 fully saturated rings. The lowest BCUT2D eigenvalue weighted by Gasteiger charge is -2.36. The number of rotatable bonds is 3. The Morgan fingerprint density at radius 1 is 1.45 bits per heavy atom. The second kappa shape index (κ2) is 5.76. The smallest absolute Gasteiger partial charge is 0.170 e. The van der Waals surface area contributed by atoms with Gasteiger partial charge in [-0.05, 0) is 57.8 Å². The average molecular weight is 290 g/mol. The van der Waals surface area contributed by atoms with Crippen molar-refractivity contribution in [3.63, 3.8) is 0 Å². The molecule has 2 aromatic rings. The van der Waals surface area contributed by atoms with Crippen LogP contribution in [0.2, 0.25) is 0 Å². The first-order valence-electron chi connectivity index (χ1n) is 7.35. The molecule has 2 atom stereocenters. The highest BCUT2D eigenvalue weighted by molar-refractivity contribution is 7.18. The fourth-order valence-corrected chi connectivity index (χ4v) is 3.77. The highest BCUT2D eigenvalue weighted by Gasteiger charge is 2.24. The summed E-state index contributed by atoms with van der Waals surface area (Å²) in [6, 6.07) is 4.65. The molecule has 0 saturated carbocycles. The minimum atomic E-state index is 0.343. The van der Waals surface area contributed by atoms with Crippen LogP contribution in [0.5, 0.6) is 0 Å². The van der Waals surface area contributed by atoms with Gasteiger partial charge in [0.25, 0.3) is 0 Å². The number of piperidine rings is 1. The summed E-state index contributed by atoms with van der Waals surface area (Å²) >= 11 is 1.71. The fraction of sp³-hybridized carbons (Fsp3) is 0.600. The molecule has 5 heteroatoms. The normalized spacial score (nSPS) is 22.2. The van der Waals surface area contributed by atoms with Gasteiger partial charge in [-0.3, -0.25) is 4.90 Å². The van der Waals surface area contributed by atoms with Gasteiger partial charge in [0.1, 0.15) is 0 Å². The molecule has 20 heavy (non-hydrogen) atoms. The molecule has 1 saturated heterocycles. The Morgan fingerprint density at radius 2 is 2.30 bits per heavy atom. The fourth-order valence-electron chi connectivity index (χ4n) is 3.00. The lowest BCUT2D eigenvalue weighted by molar-refractivity contribution is 0.132. The number of hydrogen-bond acceptors (Lipinski definition) is 5. The van der Waals surface area contributed by atoms with Crippen LogP contribution >= 0.6 is 11.3 Å². The summed E-state index contributed by atoms with van der Waals surface area (Å²) in [7, 11) is 0. The molecule has 0 spiro atoms. The van der Waals surface area contributed by atoms with E-state index in [4.69, 9.17) is 10.7 Å². The lowest BCUT2D eigenvalue weighted by atomic mass is 9.96. The van der Waals surface area contributed by atoms with E-state index in [9.17, 15) is 0 Å². The second-order valence-corrected chi connectivity index (χ2v) is 6.94. The number of likely N-dealkylation sites (tertiary alicyclic amines) is 1. The molecule has 0 aliphatic carbocycles. The van der Waals surface area contributed by atoms with Gasteiger partial charge in [-0.15, -0.1) is 11.3 Å². The quantitative estimate of drug-likeness (QED) is 0.944. The molecule has 1 unspecified atom stereocenters.